The lowest BCUT2D eigenvalue weighted by Crippen LogP contribution is -2.29. The van der Waals surface area contributed by atoms with Gasteiger partial charge in [0.05, 0.1) is 35.0 Å². The first-order valence-corrected chi connectivity index (χ1v) is 11.6. The van der Waals surface area contributed by atoms with Gasteiger partial charge in [-0.1, -0.05) is 6.07 Å². The van der Waals surface area contributed by atoms with Crippen LogP contribution >= 0.6 is 0 Å². The Kier molecular flexibility index (Phi) is 7.28. The smallest absolute Gasteiger partial charge is 0.310 e. The van der Waals surface area contributed by atoms with Crippen molar-refractivity contribution in [2.24, 2.45) is 10.9 Å². The fraction of sp³-hybridized carbons (Fsp3) is 0.385. The Bertz CT molecular complexity index is 1200. The summed E-state index contributed by atoms with van der Waals surface area (Å²) in [5.41, 5.74) is 5.02. The van der Waals surface area contributed by atoms with Gasteiger partial charge in [0.1, 0.15) is 0 Å². The second-order valence-electron chi connectivity index (χ2n) is 9.32. The molecule has 0 aromatic heterocycles. The number of allylic oxidation sites excluding steroid dienone is 2. The highest BCUT2D eigenvalue weighted by atomic mass is 16.6. The molecule has 35 heavy (non-hydrogen) atoms. The van der Waals surface area contributed by atoms with Gasteiger partial charge in [0, 0.05) is 25.7 Å². The summed E-state index contributed by atoms with van der Waals surface area (Å²) >= 11 is 0. The van der Waals surface area contributed by atoms with Crippen molar-refractivity contribution in [3.8, 4) is 5.75 Å². The molecule has 9 heteroatoms. The lowest BCUT2D eigenvalue weighted by Gasteiger charge is -2.22. The van der Waals surface area contributed by atoms with Crippen molar-refractivity contribution in [3.63, 3.8) is 0 Å². The van der Waals surface area contributed by atoms with Crippen LogP contribution in [0.15, 0.2) is 47.5 Å². The molecule has 0 radical (unpaired) electrons. The monoisotopic (exact) mass is 477 g/mol. The molecule has 1 unspecified atom stereocenters. The van der Waals surface area contributed by atoms with E-state index in [-0.39, 0.29) is 23.3 Å². The van der Waals surface area contributed by atoms with Crippen molar-refractivity contribution in [3.05, 3.63) is 63.7 Å². The van der Waals surface area contributed by atoms with E-state index in [0.717, 1.165) is 42.0 Å². The first-order valence-electron chi connectivity index (χ1n) is 11.6. The minimum absolute atomic E-state index is 0.0602. The van der Waals surface area contributed by atoms with Gasteiger partial charge in [-0.15, -0.1) is 0 Å². The summed E-state index contributed by atoms with van der Waals surface area (Å²) in [6.45, 7) is 2.71. The third-order valence-corrected chi connectivity index (χ3v) is 6.40. The molecule has 0 spiro atoms. The van der Waals surface area contributed by atoms with Gasteiger partial charge in [0.15, 0.2) is 5.75 Å². The van der Waals surface area contributed by atoms with E-state index in [1.54, 1.807) is 12.1 Å². The number of benzene rings is 2. The summed E-state index contributed by atoms with van der Waals surface area (Å²) in [4.78, 5) is 33.1. The number of nitro benzene ring substituents is 1. The first kappa shape index (κ1) is 24.6. The third kappa shape index (κ3) is 5.58. The van der Waals surface area contributed by atoms with Gasteiger partial charge in [-0.2, -0.15) is 0 Å². The Balaban J connectivity index is 1.65. The van der Waals surface area contributed by atoms with Crippen LogP contribution in [-0.4, -0.2) is 67.7 Å². The second kappa shape index (κ2) is 10.4. The molecule has 1 atom stereocenters. The number of anilines is 1. The lowest BCUT2D eigenvalue weighted by molar-refractivity contribution is -0.385. The van der Waals surface area contributed by atoms with Crippen LogP contribution in [0.1, 0.15) is 24.0 Å². The number of aliphatic imine (C=N–C) groups is 1. The number of carbonyl (C=O) groups is 1. The largest absolute Gasteiger partial charge is 0.490 e. The molecule has 1 N–H and O–H groups in total. The fourth-order valence-corrected chi connectivity index (χ4v) is 4.42. The van der Waals surface area contributed by atoms with E-state index in [1.165, 1.54) is 13.2 Å². The van der Waals surface area contributed by atoms with Crippen LogP contribution < -0.4 is 10.1 Å². The minimum Gasteiger partial charge on any atom is -0.490 e. The number of hydrogen-bond donors (Lipinski definition) is 1. The SMILES string of the molecule is COc1cc(C2=CC3=Nc4cc(CN(C)CCN(C)C)ccc4NC(=O)C3CC2)ccc1[N+](=O)[O-]. The van der Waals surface area contributed by atoms with E-state index in [9.17, 15) is 14.9 Å². The summed E-state index contributed by atoms with van der Waals surface area (Å²) < 4.78 is 5.23. The van der Waals surface area contributed by atoms with Gasteiger partial charge < -0.3 is 19.9 Å². The molecule has 1 heterocycles. The molecule has 0 saturated carbocycles. The number of hydrogen-bond acceptors (Lipinski definition) is 7. The molecule has 184 valence electrons. The van der Waals surface area contributed by atoms with E-state index >= 15 is 0 Å². The molecule has 1 aliphatic carbocycles. The predicted octanol–water partition coefficient (Wildman–Crippen LogP) is 4.12. The normalized spacial score (nSPS) is 17.2. The summed E-state index contributed by atoms with van der Waals surface area (Å²) in [5.74, 6) is -0.184. The molecule has 1 amide bonds. The molecule has 2 aromatic carbocycles. The van der Waals surface area contributed by atoms with Crippen LogP contribution in [0.5, 0.6) is 5.75 Å². The van der Waals surface area contributed by atoms with Crippen LogP contribution in [0, 0.1) is 16.0 Å². The summed E-state index contributed by atoms with van der Waals surface area (Å²) in [6.07, 6.45) is 3.22. The number of nitro groups is 1. The maximum Gasteiger partial charge on any atom is 0.310 e. The van der Waals surface area contributed by atoms with Crippen LogP contribution in [0.2, 0.25) is 0 Å². The molecule has 4 rings (SSSR count). The number of likely N-dealkylation sites (N-methyl/N-ethyl adjacent to an activating group) is 2. The van der Waals surface area contributed by atoms with Crippen LogP contribution in [0.3, 0.4) is 0 Å². The number of nitrogens with zero attached hydrogens (tertiary/aromatic N) is 4. The van der Waals surface area contributed by atoms with Crippen molar-refractivity contribution in [1.29, 1.82) is 0 Å². The Labute approximate surface area is 205 Å². The van der Waals surface area contributed by atoms with Gasteiger partial charge in [-0.25, -0.2) is 0 Å². The molecule has 9 nitrogen and oxygen atoms in total. The van der Waals surface area contributed by atoms with Gasteiger partial charge in [-0.05, 0) is 81.0 Å². The Morgan fingerprint density at radius 2 is 1.97 bits per heavy atom. The highest BCUT2D eigenvalue weighted by Gasteiger charge is 2.31. The standard InChI is InChI=1S/C26H31N5O4/c1-29(2)11-12-30(3)16-17-5-9-21-23(13-17)27-22-14-18(6-8-20(22)26(32)28-21)19-7-10-24(31(33)34)25(15-19)35-4/h5,7,9-10,13-15,20H,6,8,11-12,16H2,1-4H3,(H,28,32). The minimum atomic E-state index is -0.458. The highest BCUT2D eigenvalue weighted by Crippen LogP contribution is 2.38. The van der Waals surface area contributed by atoms with Gasteiger partial charge in [0.2, 0.25) is 5.91 Å². The number of ether oxygens (including phenoxy) is 1. The summed E-state index contributed by atoms with van der Waals surface area (Å²) in [5, 5.41) is 14.3. The van der Waals surface area contributed by atoms with Gasteiger partial charge >= 0.3 is 5.69 Å². The van der Waals surface area contributed by atoms with Gasteiger partial charge in [-0.3, -0.25) is 19.9 Å². The molecular formula is C26H31N5O4. The van der Waals surface area contributed by atoms with E-state index in [0.29, 0.717) is 24.2 Å². The number of rotatable bonds is 8. The molecule has 0 saturated heterocycles. The summed E-state index contributed by atoms with van der Waals surface area (Å²) in [6, 6.07) is 10.8. The number of carbonyl (C=O) groups excluding carboxylic acids is 1. The zero-order chi connectivity index (χ0) is 25.1. The number of nitrogens with one attached hydrogen (secondary N) is 1. The number of amides is 1. The first-order chi connectivity index (χ1) is 16.7. The van der Waals surface area contributed by atoms with E-state index in [1.807, 2.05) is 24.3 Å². The maximum atomic E-state index is 13.0. The Morgan fingerprint density at radius 3 is 2.69 bits per heavy atom. The molecule has 0 bridgehead atoms. The molecule has 2 aromatic rings. The van der Waals surface area contributed by atoms with E-state index < -0.39 is 4.92 Å². The van der Waals surface area contributed by atoms with Crippen LogP contribution in [0.4, 0.5) is 17.1 Å². The zero-order valence-electron chi connectivity index (χ0n) is 20.6. The van der Waals surface area contributed by atoms with Crippen molar-refractivity contribution < 1.29 is 14.5 Å². The van der Waals surface area contributed by atoms with E-state index in [2.05, 4.69) is 36.3 Å². The molecule has 1 aliphatic heterocycles. The number of methoxy groups -OCH3 is 1. The average Bonchev–Trinajstić information content (AvgIpc) is 2.97. The topological polar surface area (TPSA) is 100 Å². The molecular weight excluding hydrogens is 446 g/mol. The van der Waals surface area contributed by atoms with Crippen LogP contribution in [-0.2, 0) is 11.3 Å². The fourth-order valence-electron chi connectivity index (χ4n) is 4.42. The quantitative estimate of drug-likeness (QED) is 0.454. The van der Waals surface area contributed by atoms with Crippen molar-refractivity contribution >= 4 is 34.3 Å². The third-order valence-electron chi connectivity index (χ3n) is 6.40. The number of fused-ring (bicyclic) bond motifs is 2. The Hall–Kier alpha value is -3.56. The van der Waals surface area contributed by atoms with E-state index in [4.69, 9.17) is 9.73 Å². The highest BCUT2D eigenvalue weighted by molar-refractivity contribution is 6.19. The zero-order valence-corrected chi connectivity index (χ0v) is 20.6. The molecule has 0 fully saturated rings. The lowest BCUT2D eigenvalue weighted by atomic mass is 9.84. The van der Waals surface area contributed by atoms with Crippen LogP contribution in [0.25, 0.3) is 5.57 Å². The molecule has 2 aliphatic rings. The van der Waals surface area contributed by atoms with Crippen molar-refractivity contribution in [1.82, 2.24) is 9.80 Å². The van der Waals surface area contributed by atoms with Crippen molar-refractivity contribution in [2.45, 2.75) is 19.4 Å². The summed E-state index contributed by atoms with van der Waals surface area (Å²) in [7, 11) is 7.63. The van der Waals surface area contributed by atoms with Crippen molar-refractivity contribution in [2.75, 3.05) is 46.7 Å². The Morgan fingerprint density at radius 1 is 1.17 bits per heavy atom. The maximum absolute atomic E-state index is 13.0. The second-order valence-corrected chi connectivity index (χ2v) is 9.32. The van der Waals surface area contributed by atoms with Gasteiger partial charge in [0.25, 0.3) is 0 Å². The average molecular weight is 478 g/mol. The predicted molar refractivity (Wildman–Crippen MR) is 137 cm³/mol.